The Hall–Kier alpha value is -3.46. The number of carbonyl (C=O) groups is 2. The van der Waals surface area contributed by atoms with E-state index in [4.69, 9.17) is 44.0 Å². The largest absolute Gasteiger partial charge is 0.486 e. The average molecular weight is 535 g/mol. The molecule has 1 N–H and O–H groups in total. The Labute approximate surface area is 215 Å². The number of amides is 1. The third-order valence-corrected chi connectivity index (χ3v) is 5.70. The molecule has 0 aliphatic carbocycles. The van der Waals surface area contributed by atoms with E-state index in [1.165, 1.54) is 13.2 Å². The van der Waals surface area contributed by atoms with E-state index in [-0.39, 0.29) is 23.2 Å². The maximum Gasteiger partial charge on any atom is 0.337 e. The summed E-state index contributed by atoms with van der Waals surface area (Å²) < 4.78 is 17.4. The molecule has 0 saturated heterocycles. The van der Waals surface area contributed by atoms with Gasteiger partial charge in [-0.3, -0.25) is 9.48 Å². The van der Waals surface area contributed by atoms with Crippen LogP contribution in [0.25, 0.3) is 0 Å². The Morgan fingerprint density at radius 1 is 1.03 bits per heavy atom. The summed E-state index contributed by atoms with van der Waals surface area (Å²) in [6.45, 7) is 0.427. The minimum absolute atomic E-state index is 0.0657. The Morgan fingerprint density at radius 2 is 1.80 bits per heavy atom. The van der Waals surface area contributed by atoms with Gasteiger partial charge in [-0.2, -0.15) is 5.10 Å². The molecule has 2 aromatic heterocycles. The lowest BCUT2D eigenvalue weighted by Gasteiger charge is -2.05. The van der Waals surface area contributed by atoms with Crippen molar-refractivity contribution in [2.75, 3.05) is 12.4 Å². The summed E-state index contributed by atoms with van der Waals surface area (Å²) in [6.07, 6.45) is 1.58. The Balaban J connectivity index is 1.35. The van der Waals surface area contributed by atoms with E-state index in [2.05, 4.69) is 15.2 Å². The van der Waals surface area contributed by atoms with Gasteiger partial charge in [0.05, 0.1) is 19.2 Å². The van der Waals surface area contributed by atoms with Crippen LogP contribution in [0.2, 0.25) is 15.1 Å². The van der Waals surface area contributed by atoms with Crippen LogP contribution in [0.5, 0.6) is 5.75 Å². The average Bonchev–Trinajstić information content (AvgIpc) is 3.46. The molecule has 0 atom stereocenters. The van der Waals surface area contributed by atoms with E-state index < -0.39 is 11.9 Å². The number of hydrogen-bond donors (Lipinski definition) is 1. The van der Waals surface area contributed by atoms with Gasteiger partial charge in [-0.15, -0.1) is 0 Å². The van der Waals surface area contributed by atoms with E-state index in [9.17, 15) is 9.59 Å². The first-order chi connectivity index (χ1) is 16.8. The van der Waals surface area contributed by atoms with Gasteiger partial charge in [0.15, 0.2) is 11.6 Å². The van der Waals surface area contributed by atoms with Crippen molar-refractivity contribution in [1.29, 1.82) is 0 Å². The molecule has 1 amide bonds. The number of halogens is 3. The topological polar surface area (TPSA) is 95.6 Å². The number of hydrogen-bond acceptors (Lipinski definition) is 6. The fourth-order valence-corrected chi connectivity index (χ4v) is 3.76. The van der Waals surface area contributed by atoms with Crippen LogP contribution in [0.4, 0.5) is 5.82 Å². The molecule has 0 radical (unpaired) electrons. The van der Waals surface area contributed by atoms with Crippen LogP contribution >= 0.6 is 34.8 Å². The van der Waals surface area contributed by atoms with Crippen LogP contribution in [0.1, 0.15) is 32.2 Å². The van der Waals surface area contributed by atoms with Crippen LogP contribution in [0.15, 0.2) is 65.2 Å². The summed E-state index contributed by atoms with van der Waals surface area (Å²) >= 11 is 18.4. The predicted octanol–water partition coefficient (Wildman–Crippen LogP) is 6.10. The molecule has 0 unspecified atom stereocenters. The van der Waals surface area contributed by atoms with Crippen LogP contribution in [0.3, 0.4) is 0 Å². The lowest BCUT2D eigenvalue weighted by Crippen LogP contribution is -2.12. The summed E-state index contributed by atoms with van der Waals surface area (Å²) in [5, 5.41) is 8.23. The molecule has 180 valence electrons. The fraction of sp³-hybridized carbons (Fsp3) is 0.125. The number of furan rings is 1. The van der Waals surface area contributed by atoms with Crippen molar-refractivity contribution in [3.05, 3.63) is 98.5 Å². The van der Waals surface area contributed by atoms with Crippen LogP contribution in [-0.2, 0) is 17.9 Å². The van der Waals surface area contributed by atoms with E-state index in [1.54, 1.807) is 59.4 Å². The number of carbonyl (C=O) groups excluding carboxylic acids is 2. The second-order valence-electron chi connectivity index (χ2n) is 7.28. The van der Waals surface area contributed by atoms with Crippen molar-refractivity contribution in [2.45, 2.75) is 13.2 Å². The van der Waals surface area contributed by atoms with Gasteiger partial charge in [0.25, 0.3) is 5.91 Å². The number of benzene rings is 2. The molecule has 2 aromatic carbocycles. The molecule has 8 nitrogen and oxygen atoms in total. The van der Waals surface area contributed by atoms with Crippen LogP contribution < -0.4 is 10.1 Å². The molecule has 11 heteroatoms. The number of esters is 1. The van der Waals surface area contributed by atoms with Gasteiger partial charge >= 0.3 is 5.97 Å². The van der Waals surface area contributed by atoms with Crippen LogP contribution in [-0.4, -0.2) is 28.8 Å². The highest BCUT2D eigenvalue weighted by molar-refractivity contribution is 6.35. The fourth-order valence-electron chi connectivity index (χ4n) is 3.09. The number of anilines is 1. The van der Waals surface area contributed by atoms with Gasteiger partial charge in [-0.1, -0.05) is 40.9 Å². The molecule has 0 saturated carbocycles. The van der Waals surface area contributed by atoms with Gasteiger partial charge in [0, 0.05) is 16.2 Å². The van der Waals surface area contributed by atoms with Crippen molar-refractivity contribution in [3.8, 4) is 5.75 Å². The number of methoxy groups -OCH3 is 1. The number of ether oxygens (including phenoxy) is 2. The Bertz CT molecular complexity index is 1370. The van der Waals surface area contributed by atoms with Crippen molar-refractivity contribution < 1.29 is 23.5 Å². The molecule has 0 aliphatic rings. The molecule has 0 fully saturated rings. The van der Waals surface area contributed by atoms with E-state index in [0.29, 0.717) is 33.7 Å². The summed E-state index contributed by atoms with van der Waals surface area (Å²) in [4.78, 5) is 24.1. The SMILES string of the molecule is COC(=O)c1ccc(OCc2ccc(C(=O)Nc3nn(Cc4ccc(Cl)cc4Cl)cc3Cl)o2)cc1. The van der Waals surface area contributed by atoms with Gasteiger partial charge in [-0.25, -0.2) is 4.79 Å². The van der Waals surface area contributed by atoms with Crippen molar-refractivity contribution >= 4 is 52.5 Å². The Morgan fingerprint density at radius 3 is 2.51 bits per heavy atom. The first-order valence-electron chi connectivity index (χ1n) is 10.2. The highest BCUT2D eigenvalue weighted by Gasteiger charge is 2.16. The lowest BCUT2D eigenvalue weighted by atomic mass is 10.2. The quantitative estimate of drug-likeness (QED) is 0.274. The summed E-state index contributed by atoms with van der Waals surface area (Å²) in [5.74, 6) is 0.254. The number of aromatic nitrogens is 2. The van der Waals surface area contributed by atoms with Gasteiger partial charge in [0.1, 0.15) is 23.1 Å². The molecular weight excluding hydrogens is 517 g/mol. The van der Waals surface area contributed by atoms with E-state index >= 15 is 0 Å². The van der Waals surface area contributed by atoms with Gasteiger partial charge < -0.3 is 19.2 Å². The minimum Gasteiger partial charge on any atom is -0.486 e. The molecule has 0 aliphatic heterocycles. The summed E-state index contributed by atoms with van der Waals surface area (Å²) in [7, 11) is 1.31. The first-order valence-corrected chi connectivity index (χ1v) is 11.3. The van der Waals surface area contributed by atoms with E-state index in [0.717, 1.165) is 5.56 Å². The highest BCUT2D eigenvalue weighted by atomic mass is 35.5. The van der Waals surface area contributed by atoms with Gasteiger partial charge in [-0.05, 0) is 54.1 Å². The number of rotatable bonds is 8. The molecular formula is C24H18Cl3N3O5. The zero-order chi connectivity index (χ0) is 24.9. The summed E-state index contributed by atoms with van der Waals surface area (Å²) in [6, 6.07) is 14.8. The molecule has 2 heterocycles. The van der Waals surface area contributed by atoms with E-state index in [1.807, 2.05) is 0 Å². The third kappa shape index (κ3) is 6.16. The standard InChI is InChI=1S/C24H18Cl3N3O5/c1-33-24(32)14-3-6-17(7-4-14)34-13-18-8-9-21(35-18)23(31)28-22-20(27)12-30(29-22)11-15-2-5-16(25)10-19(15)26/h2-10,12H,11,13H2,1H3,(H,28,29,31). The lowest BCUT2D eigenvalue weighted by molar-refractivity contribution is 0.0600. The normalized spacial score (nSPS) is 10.7. The molecule has 0 bridgehead atoms. The monoisotopic (exact) mass is 533 g/mol. The zero-order valence-corrected chi connectivity index (χ0v) is 20.5. The van der Waals surface area contributed by atoms with Crippen molar-refractivity contribution in [3.63, 3.8) is 0 Å². The summed E-state index contributed by atoms with van der Waals surface area (Å²) in [5.41, 5.74) is 1.21. The predicted molar refractivity (Wildman–Crippen MR) is 132 cm³/mol. The highest BCUT2D eigenvalue weighted by Crippen LogP contribution is 2.25. The smallest absolute Gasteiger partial charge is 0.337 e. The number of nitrogens with one attached hydrogen (secondary N) is 1. The van der Waals surface area contributed by atoms with Crippen LogP contribution in [0, 0.1) is 0 Å². The molecule has 35 heavy (non-hydrogen) atoms. The molecule has 0 spiro atoms. The molecule has 4 rings (SSSR count). The number of nitrogens with zero attached hydrogens (tertiary/aromatic N) is 2. The minimum atomic E-state index is -0.518. The second-order valence-corrected chi connectivity index (χ2v) is 8.53. The second kappa shape index (κ2) is 10.9. The van der Waals surface area contributed by atoms with Gasteiger partial charge in [0.2, 0.25) is 0 Å². The molecule has 4 aromatic rings. The first kappa shape index (κ1) is 24.7. The maximum atomic E-state index is 12.6. The Kier molecular flexibility index (Phi) is 7.65. The maximum absolute atomic E-state index is 12.6. The third-order valence-electron chi connectivity index (χ3n) is 4.84. The zero-order valence-electron chi connectivity index (χ0n) is 18.3. The van der Waals surface area contributed by atoms with Crippen molar-refractivity contribution in [2.24, 2.45) is 0 Å². The van der Waals surface area contributed by atoms with Crippen molar-refractivity contribution in [1.82, 2.24) is 9.78 Å².